The Balaban J connectivity index is 2.05. The first-order chi connectivity index (χ1) is 11.8. The molecule has 0 aliphatic rings. The summed E-state index contributed by atoms with van der Waals surface area (Å²) < 4.78 is 31.0. The standard InChI is InChI=1S/C15H12ClF2N3O3S/c1-7(13(22)20-8-3-4-10(17)11(18)5-8)24-14(23)12-9(16)6-19-15(21-12)25-2/h3-7H,1-2H3,(H,20,22)/t7-/m0/s1. The lowest BCUT2D eigenvalue weighted by Crippen LogP contribution is -2.30. The highest BCUT2D eigenvalue weighted by Gasteiger charge is 2.22. The van der Waals surface area contributed by atoms with Crippen molar-refractivity contribution in [3.8, 4) is 0 Å². The van der Waals surface area contributed by atoms with E-state index in [2.05, 4.69) is 15.3 Å². The summed E-state index contributed by atoms with van der Waals surface area (Å²) in [4.78, 5) is 31.9. The van der Waals surface area contributed by atoms with Gasteiger partial charge < -0.3 is 10.1 Å². The molecular formula is C15H12ClF2N3O3S. The highest BCUT2D eigenvalue weighted by molar-refractivity contribution is 7.98. The zero-order chi connectivity index (χ0) is 18.6. The normalized spacial score (nSPS) is 11.7. The minimum Gasteiger partial charge on any atom is -0.448 e. The number of hydrogen-bond acceptors (Lipinski definition) is 6. The number of thioether (sulfide) groups is 1. The van der Waals surface area contributed by atoms with Crippen LogP contribution in [0, 0.1) is 11.6 Å². The van der Waals surface area contributed by atoms with E-state index in [0.717, 1.165) is 12.1 Å². The van der Waals surface area contributed by atoms with Crippen LogP contribution in [0.3, 0.4) is 0 Å². The molecular weight excluding hydrogens is 376 g/mol. The van der Waals surface area contributed by atoms with Crippen molar-refractivity contribution in [2.75, 3.05) is 11.6 Å². The minimum atomic E-state index is -1.22. The van der Waals surface area contributed by atoms with Crippen LogP contribution in [0.25, 0.3) is 0 Å². The number of rotatable bonds is 5. The largest absolute Gasteiger partial charge is 0.448 e. The average molecular weight is 388 g/mol. The molecule has 0 bridgehead atoms. The first-order valence-electron chi connectivity index (χ1n) is 6.85. The number of halogens is 3. The lowest BCUT2D eigenvalue weighted by atomic mass is 10.2. The van der Waals surface area contributed by atoms with Gasteiger partial charge in [0.05, 0.1) is 11.2 Å². The van der Waals surface area contributed by atoms with Gasteiger partial charge in [-0.25, -0.2) is 23.5 Å². The van der Waals surface area contributed by atoms with Crippen LogP contribution in [0.15, 0.2) is 29.6 Å². The molecule has 132 valence electrons. The summed E-state index contributed by atoms with van der Waals surface area (Å²) >= 11 is 7.06. The molecule has 25 heavy (non-hydrogen) atoms. The summed E-state index contributed by atoms with van der Waals surface area (Å²) in [6.07, 6.45) is 1.75. The molecule has 0 spiro atoms. The number of aromatic nitrogens is 2. The van der Waals surface area contributed by atoms with Gasteiger partial charge in [-0.2, -0.15) is 0 Å². The maximum atomic E-state index is 13.1. The van der Waals surface area contributed by atoms with Gasteiger partial charge in [0.1, 0.15) is 0 Å². The molecule has 1 amide bonds. The van der Waals surface area contributed by atoms with E-state index in [1.165, 1.54) is 30.9 Å². The second kappa shape index (κ2) is 8.21. The van der Waals surface area contributed by atoms with E-state index in [-0.39, 0.29) is 16.4 Å². The molecule has 0 fully saturated rings. The number of nitrogens with zero attached hydrogens (tertiary/aromatic N) is 2. The van der Waals surface area contributed by atoms with Crippen molar-refractivity contribution in [3.05, 3.63) is 46.7 Å². The highest BCUT2D eigenvalue weighted by atomic mass is 35.5. The number of hydrogen-bond donors (Lipinski definition) is 1. The zero-order valence-corrected chi connectivity index (χ0v) is 14.6. The van der Waals surface area contributed by atoms with Crippen molar-refractivity contribution in [1.82, 2.24) is 9.97 Å². The predicted molar refractivity (Wildman–Crippen MR) is 88.7 cm³/mol. The van der Waals surface area contributed by atoms with Crippen LogP contribution < -0.4 is 5.32 Å². The van der Waals surface area contributed by atoms with Crippen molar-refractivity contribution < 1.29 is 23.1 Å². The van der Waals surface area contributed by atoms with Crippen LogP contribution in [-0.4, -0.2) is 34.2 Å². The highest BCUT2D eigenvalue weighted by Crippen LogP contribution is 2.18. The second-order valence-electron chi connectivity index (χ2n) is 4.72. The number of carbonyl (C=O) groups is 2. The third-order valence-electron chi connectivity index (χ3n) is 2.94. The molecule has 0 aliphatic heterocycles. The molecule has 0 saturated carbocycles. The van der Waals surface area contributed by atoms with Gasteiger partial charge in [-0.3, -0.25) is 4.79 Å². The van der Waals surface area contributed by atoms with E-state index < -0.39 is 29.6 Å². The molecule has 0 saturated heterocycles. The van der Waals surface area contributed by atoms with Gasteiger partial charge in [-0.15, -0.1) is 0 Å². The number of amides is 1. The van der Waals surface area contributed by atoms with Crippen LogP contribution in [0.1, 0.15) is 17.4 Å². The number of ether oxygens (including phenoxy) is 1. The van der Waals surface area contributed by atoms with Gasteiger partial charge in [-0.05, 0) is 25.3 Å². The molecule has 10 heteroatoms. The fourth-order valence-corrected chi connectivity index (χ4v) is 2.19. The first-order valence-corrected chi connectivity index (χ1v) is 8.45. The van der Waals surface area contributed by atoms with Crippen LogP contribution in [0.2, 0.25) is 5.02 Å². The van der Waals surface area contributed by atoms with E-state index in [0.29, 0.717) is 5.16 Å². The number of benzene rings is 1. The summed E-state index contributed by atoms with van der Waals surface area (Å²) in [5, 5.41) is 2.61. The van der Waals surface area contributed by atoms with Gasteiger partial charge in [0.15, 0.2) is 28.6 Å². The van der Waals surface area contributed by atoms with Crippen molar-refractivity contribution in [3.63, 3.8) is 0 Å². The van der Waals surface area contributed by atoms with Crippen molar-refractivity contribution in [1.29, 1.82) is 0 Å². The maximum absolute atomic E-state index is 13.1. The Hall–Kier alpha value is -2.26. The monoisotopic (exact) mass is 387 g/mol. The van der Waals surface area contributed by atoms with Gasteiger partial charge in [0, 0.05) is 11.8 Å². The molecule has 1 atom stereocenters. The van der Waals surface area contributed by atoms with Crippen LogP contribution >= 0.6 is 23.4 Å². The van der Waals surface area contributed by atoms with Crippen LogP contribution in [0.5, 0.6) is 0 Å². The molecule has 0 unspecified atom stereocenters. The molecule has 2 aromatic rings. The first kappa shape index (κ1) is 19.1. The van der Waals surface area contributed by atoms with Gasteiger partial charge in [0.2, 0.25) is 0 Å². The second-order valence-corrected chi connectivity index (χ2v) is 5.90. The van der Waals surface area contributed by atoms with Gasteiger partial charge >= 0.3 is 5.97 Å². The quantitative estimate of drug-likeness (QED) is 0.481. The van der Waals surface area contributed by atoms with E-state index in [1.54, 1.807) is 6.26 Å². The third kappa shape index (κ3) is 4.86. The van der Waals surface area contributed by atoms with Crippen molar-refractivity contribution in [2.45, 2.75) is 18.2 Å². The molecule has 0 radical (unpaired) electrons. The van der Waals surface area contributed by atoms with E-state index >= 15 is 0 Å². The molecule has 0 aliphatic carbocycles. The lowest BCUT2D eigenvalue weighted by Gasteiger charge is -2.14. The zero-order valence-electron chi connectivity index (χ0n) is 13.0. The average Bonchev–Trinajstić information content (AvgIpc) is 2.58. The van der Waals surface area contributed by atoms with E-state index in [9.17, 15) is 18.4 Å². The van der Waals surface area contributed by atoms with Crippen LogP contribution in [0.4, 0.5) is 14.5 Å². The Kier molecular flexibility index (Phi) is 6.27. The molecule has 2 rings (SSSR count). The molecule has 6 nitrogen and oxygen atoms in total. The van der Waals surface area contributed by atoms with E-state index in [4.69, 9.17) is 16.3 Å². The fraction of sp³-hybridized carbons (Fsp3) is 0.200. The Labute approximate surface area is 150 Å². The number of anilines is 1. The fourth-order valence-electron chi connectivity index (χ4n) is 1.68. The molecule has 1 aromatic heterocycles. The number of carbonyl (C=O) groups excluding carboxylic acids is 2. The Bertz CT molecular complexity index is 823. The van der Waals surface area contributed by atoms with Crippen molar-refractivity contribution in [2.24, 2.45) is 0 Å². The summed E-state index contributed by atoms with van der Waals surface area (Å²) in [7, 11) is 0. The molecule has 1 N–H and O–H groups in total. The summed E-state index contributed by atoms with van der Waals surface area (Å²) in [5.41, 5.74) is -0.148. The third-order valence-corrected chi connectivity index (χ3v) is 3.78. The molecule has 1 heterocycles. The lowest BCUT2D eigenvalue weighted by molar-refractivity contribution is -0.123. The topological polar surface area (TPSA) is 81.2 Å². The minimum absolute atomic E-state index is 0.0176. The summed E-state index contributed by atoms with van der Waals surface area (Å²) in [5.74, 6) is -3.79. The summed E-state index contributed by atoms with van der Waals surface area (Å²) in [6.45, 7) is 1.32. The Morgan fingerprint density at radius 1 is 1.32 bits per heavy atom. The smallest absolute Gasteiger partial charge is 0.359 e. The van der Waals surface area contributed by atoms with Crippen LogP contribution in [-0.2, 0) is 9.53 Å². The van der Waals surface area contributed by atoms with E-state index in [1.807, 2.05) is 0 Å². The van der Waals surface area contributed by atoms with Gasteiger partial charge in [-0.1, -0.05) is 23.4 Å². The van der Waals surface area contributed by atoms with Gasteiger partial charge in [0.25, 0.3) is 5.91 Å². The SMILES string of the molecule is CSc1ncc(Cl)c(C(=O)O[C@@H](C)C(=O)Nc2ccc(F)c(F)c2)n1. The maximum Gasteiger partial charge on any atom is 0.359 e. The van der Waals surface area contributed by atoms with Crippen molar-refractivity contribution >= 4 is 40.9 Å². The molecule has 1 aromatic carbocycles. The Morgan fingerprint density at radius 2 is 2.04 bits per heavy atom. The predicted octanol–water partition coefficient (Wildman–Crippen LogP) is 3.31. The Morgan fingerprint density at radius 3 is 2.68 bits per heavy atom. The number of nitrogens with one attached hydrogen (secondary N) is 1. The summed E-state index contributed by atoms with van der Waals surface area (Å²) in [6, 6.07) is 2.86. The number of esters is 1.